The molecule has 0 radical (unpaired) electrons. The maximum absolute atomic E-state index is 12.3. The Labute approximate surface area is 97.5 Å². The fourth-order valence-corrected chi connectivity index (χ4v) is 2.84. The number of rotatable bonds is 3. The second-order valence-corrected chi connectivity index (χ2v) is 5.15. The molecule has 0 aromatic carbocycles. The molecule has 3 N–H and O–H groups in total. The molecule has 1 atom stereocenters. The largest absolute Gasteiger partial charge is 0.353 e. The van der Waals surface area contributed by atoms with Gasteiger partial charge in [-0.3, -0.25) is 4.79 Å². The SMILES string of the molecule is NCC1(C(=O)NC2CC=CCC2)CCCC1. The van der Waals surface area contributed by atoms with Crippen molar-refractivity contribution in [2.75, 3.05) is 6.54 Å². The lowest BCUT2D eigenvalue weighted by atomic mass is 9.84. The molecule has 1 unspecified atom stereocenters. The van der Waals surface area contributed by atoms with Gasteiger partial charge in [0.2, 0.25) is 5.91 Å². The first-order valence-electron chi connectivity index (χ1n) is 6.43. The Morgan fingerprint density at radius 2 is 2.12 bits per heavy atom. The highest BCUT2D eigenvalue weighted by Crippen LogP contribution is 2.37. The standard InChI is InChI=1S/C13H22N2O/c14-10-13(8-4-5-9-13)12(16)15-11-6-2-1-3-7-11/h1-2,11H,3-10,14H2,(H,15,16). The van der Waals surface area contributed by atoms with Crippen molar-refractivity contribution in [2.45, 2.75) is 51.0 Å². The molecule has 0 aromatic heterocycles. The maximum atomic E-state index is 12.3. The molecule has 2 aliphatic carbocycles. The van der Waals surface area contributed by atoms with Gasteiger partial charge < -0.3 is 11.1 Å². The molecule has 90 valence electrons. The van der Waals surface area contributed by atoms with Crippen molar-refractivity contribution < 1.29 is 4.79 Å². The highest BCUT2D eigenvalue weighted by Gasteiger charge is 2.40. The van der Waals surface area contributed by atoms with Crippen LogP contribution in [0.3, 0.4) is 0 Å². The third-order valence-electron chi connectivity index (χ3n) is 4.04. The summed E-state index contributed by atoms with van der Waals surface area (Å²) in [7, 11) is 0. The Morgan fingerprint density at radius 1 is 1.38 bits per heavy atom. The number of amides is 1. The summed E-state index contributed by atoms with van der Waals surface area (Å²) < 4.78 is 0. The fourth-order valence-electron chi connectivity index (χ4n) is 2.84. The van der Waals surface area contributed by atoms with Crippen LogP contribution in [0.25, 0.3) is 0 Å². The van der Waals surface area contributed by atoms with Gasteiger partial charge in [-0.2, -0.15) is 0 Å². The normalized spacial score (nSPS) is 27.9. The van der Waals surface area contributed by atoms with Crippen LogP contribution in [0.1, 0.15) is 44.9 Å². The van der Waals surface area contributed by atoms with Crippen molar-refractivity contribution in [1.29, 1.82) is 0 Å². The summed E-state index contributed by atoms with van der Waals surface area (Å²) in [6.45, 7) is 0.501. The van der Waals surface area contributed by atoms with Gasteiger partial charge in [0.15, 0.2) is 0 Å². The molecule has 1 saturated carbocycles. The zero-order valence-corrected chi connectivity index (χ0v) is 9.87. The lowest BCUT2D eigenvalue weighted by Crippen LogP contribution is -2.48. The first-order chi connectivity index (χ1) is 7.77. The van der Waals surface area contributed by atoms with Gasteiger partial charge in [-0.25, -0.2) is 0 Å². The van der Waals surface area contributed by atoms with E-state index in [4.69, 9.17) is 5.73 Å². The molecule has 1 fully saturated rings. The van der Waals surface area contributed by atoms with Crippen LogP contribution < -0.4 is 11.1 Å². The lowest BCUT2D eigenvalue weighted by Gasteiger charge is -2.29. The van der Waals surface area contributed by atoms with Crippen LogP contribution in [0, 0.1) is 5.41 Å². The summed E-state index contributed by atoms with van der Waals surface area (Å²) in [4.78, 5) is 12.3. The van der Waals surface area contributed by atoms with E-state index in [2.05, 4.69) is 17.5 Å². The molecule has 0 spiro atoms. The Kier molecular flexibility index (Phi) is 3.64. The minimum atomic E-state index is -0.249. The van der Waals surface area contributed by atoms with Crippen LogP contribution in [0.4, 0.5) is 0 Å². The van der Waals surface area contributed by atoms with Crippen molar-refractivity contribution in [3.05, 3.63) is 12.2 Å². The van der Waals surface area contributed by atoms with Crippen molar-refractivity contribution >= 4 is 5.91 Å². The number of hydrogen-bond donors (Lipinski definition) is 2. The minimum Gasteiger partial charge on any atom is -0.353 e. The Bertz CT molecular complexity index is 280. The molecular weight excluding hydrogens is 200 g/mol. The molecule has 16 heavy (non-hydrogen) atoms. The Hall–Kier alpha value is -0.830. The number of allylic oxidation sites excluding steroid dienone is 1. The third kappa shape index (κ3) is 2.29. The molecule has 0 bridgehead atoms. The van der Waals surface area contributed by atoms with Crippen LogP contribution in [0.2, 0.25) is 0 Å². The van der Waals surface area contributed by atoms with E-state index in [1.807, 2.05) is 0 Å². The third-order valence-corrected chi connectivity index (χ3v) is 4.04. The predicted molar refractivity (Wildman–Crippen MR) is 64.9 cm³/mol. The molecule has 0 aromatic rings. The molecular formula is C13H22N2O. The van der Waals surface area contributed by atoms with Crippen molar-refractivity contribution in [3.63, 3.8) is 0 Å². The first kappa shape index (κ1) is 11.6. The van der Waals surface area contributed by atoms with E-state index in [9.17, 15) is 4.79 Å². The topological polar surface area (TPSA) is 55.1 Å². The zero-order chi connectivity index (χ0) is 11.4. The number of hydrogen-bond acceptors (Lipinski definition) is 2. The monoisotopic (exact) mass is 222 g/mol. The highest BCUT2D eigenvalue weighted by atomic mass is 16.2. The van der Waals surface area contributed by atoms with Gasteiger partial charge in [0, 0.05) is 12.6 Å². The van der Waals surface area contributed by atoms with Gasteiger partial charge in [0.1, 0.15) is 0 Å². The average molecular weight is 222 g/mol. The first-order valence-corrected chi connectivity index (χ1v) is 6.43. The van der Waals surface area contributed by atoms with Gasteiger partial charge >= 0.3 is 0 Å². The second kappa shape index (κ2) is 5.00. The van der Waals surface area contributed by atoms with E-state index in [1.165, 1.54) is 0 Å². The van der Waals surface area contributed by atoms with Crippen molar-refractivity contribution in [1.82, 2.24) is 5.32 Å². The van der Waals surface area contributed by atoms with E-state index >= 15 is 0 Å². The molecule has 3 heteroatoms. The molecule has 2 aliphatic rings. The average Bonchev–Trinajstić information content (AvgIpc) is 2.80. The van der Waals surface area contributed by atoms with Crippen LogP contribution in [-0.2, 0) is 4.79 Å². The second-order valence-electron chi connectivity index (χ2n) is 5.15. The van der Waals surface area contributed by atoms with Gasteiger partial charge in [-0.05, 0) is 32.1 Å². The summed E-state index contributed by atoms with van der Waals surface area (Å²) >= 11 is 0. The van der Waals surface area contributed by atoms with E-state index in [0.717, 1.165) is 44.9 Å². The van der Waals surface area contributed by atoms with Crippen LogP contribution >= 0.6 is 0 Å². The van der Waals surface area contributed by atoms with Gasteiger partial charge in [-0.15, -0.1) is 0 Å². The Balaban J connectivity index is 1.93. The van der Waals surface area contributed by atoms with Crippen molar-refractivity contribution in [3.8, 4) is 0 Å². The van der Waals surface area contributed by atoms with Gasteiger partial charge in [-0.1, -0.05) is 25.0 Å². The van der Waals surface area contributed by atoms with Crippen LogP contribution in [-0.4, -0.2) is 18.5 Å². The Morgan fingerprint density at radius 3 is 2.69 bits per heavy atom. The molecule has 0 saturated heterocycles. The highest BCUT2D eigenvalue weighted by molar-refractivity contribution is 5.83. The summed E-state index contributed by atoms with van der Waals surface area (Å²) in [5.74, 6) is 0.202. The van der Waals surface area contributed by atoms with Crippen LogP contribution in [0.5, 0.6) is 0 Å². The van der Waals surface area contributed by atoms with Crippen molar-refractivity contribution in [2.24, 2.45) is 11.1 Å². The van der Waals surface area contributed by atoms with Crippen LogP contribution in [0.15, 0.2) is 12.2 Å². The van der Waals surface area contributed by atoms with E-state index in [-0.39, 0.29) is 11.3 Å². The maximum Gasteiger partial charge on any atom is 0.227 e. The number of nitrogens with two attached hydrogens (primary N) is 1. The molecule has 1 amide bonds. The number of nitrogens with one attached hydrogen (secondary N) is 1. The molecule has 0 heterocycles. The molecule has 0 aliphatic heterocycles. The minimum absolute atomic E-state index is 0.202. The van der Waals surface area contributed by atoms with E-state index < -0.39 is 0 Å². The molecule has 2 rings (SSSR count). The molecule has 3 nitrogen and oxygen atoms in total. The predicted octanol–water partition coefficient (Wildman–Crippen LogP) is 1.73. The summed E-state index contributed by atoms with van der Waals surface area (Å²) in [5.41, 5.74) is 5.55. The van der Waals surface area contributed by atoms with E-state index in [0.29, 0.717) is 12.6 Å². The summed E-state index contributed by atoms with van der Waals surface area (Å²) in [6.07, 6.45) is 11.7. The fraction of sp³-hybridized carbons (Fsp3) is 0.769. The zero-order valence-electron chi connectivity index (χ0n) is 9.87. The smallest absolute Gasteiger partial charge is 0.227 e. The van der Waals surface area contributed by atoms with E-state index in [1.54, 1.807) is 0 Å². The van der Waals surface area contributed by atoms with Gasteiger partial charge in [0.05, 0.1) is 5.41 Å². The summed E-state index contributed by atoms with van der Waals surface area (Å²) in [5, 5.41) is 3.18. The quantitative estimate of drug-likeness (QED) is 0.714. The summed E-state index contributed by atoms with van der Waals surface area (Å²) in [6, 6.07) is 0.335. The number of carbonyl (C=O) groups excluding carboxylic acids is 1. The van der Waals surface area contributed by atoms with Gasteiger partial charge in [0.25, 0.3) is 0 Å². The lowest BCUT2D eigenvalue weighted by molar-refractivity contribution is -0.131. The number of carbonyl (C=O) groups is 1.